The van der Waals surface area contributed by atoms with Gasteiger partial charge in [0.25, 0.3) is 5.91 Å². The Morgan fingerprint density at radius 2 is 1.86 bits per heavy atom. The number of carbonyl (C=O) groups excluding carboxylic acids is 1. The van der Waals surface area contributed by atoms with E-state index in [4.69, 9.17) is 4.74 Å². The van der Waals surface area contributed by atoms with E-state index in [2.05, 4.69) is 12.2 Å². The molecule has 1 N–H and O–H groups in total. The number of rotatable bonds is 6. The van der Waals surface area contributed by atoms with E-state index < -0.39 is 23.1 Å². The first kappa shape index (κ1) is 25.7. The number of nitrogens with zero attached hydrogens (tertiary/aromatic N) is 1. The van der Waals surface area contributed by atoms with Gasteiger partial charge in [0.2, 0.25) is 5.43 Å². The number of aromatic nitrogens is 1. The summed E-state index contributed by atoms with van der Waals surface area (Å²) in [4.78, 5) is 26.7. The van der Waals surface area contributed by atoms with Crippen LogP contribution in [-0.4, -0.2) is 23.7 Å². The summed E-state index contributed by atoms with van der Waals surface area (Å²) in [6.07, 6.45) is -0.550. The lowest BCUT2D eigenvalue weighted by Gasteiger charge is -2.28. The van der Waals surface area contributed by atoms with Crippen molar-refractivity contribution >= 4 is 5.91 Å². The first-order valence-corrected chi connectivity index (χ1v) is 12.1. The first-order chi connectivity index (χ1) is 17.2. The summed E-state index contributed by atoms with van der Waals surface area (Å²) < 4.78 is 47.6. The zero-order chi connectivity index (χ0) is 25.9. The van der Waals surface area contributed by atoms with Gasteiger partial charge in [0.05, 0.1) is 18.2 Å². The Hall–Kier alpha value is -3.39. The maximum atomic E-state index is 13.5. The second-order valence-corrected chi connectivity index (χ2v) is 9.04. The van der Waals surface area contributed by atoms with Crippen molar-refractivity contribution in [3.05, 3.63) is 92.9 Å². The highest BCUT2D eigenvalue weighted by Crippen LogP contribution is 2.33. The third-order valence-corrected chi connectivity index (χ3v) is 6.63. The van der Waals surface area contributed by atoms with Crippen molar-refractivity contribution in [1.29, 1.82) is 0 Å². The summed E-state index contributed by atoms with van der Waals surface area (Å²) in [5, 5.41) is 2.79. The van der Waals surface area contributed by atoms with E-state index in [0.29, 0.717) is 18.9 Å². The van der Waals surface area contributed by atoms with Gasteiger partial charge >= 0.3 is 6.18 Å². The third kappa shape index (κ3) is 5.54. The highest BCUT2D eigenvalue weighted by Gasteiger charge is 2.31. The fourth-order valence-corrected chi connectivity index (χ4v) is 4.57. The van der Waals surface area contributed by atoms with Gasteiger partial charge in [-0.3, -0.25) is 9.59 Å². The van der Waals surface area contributed by atoms with Crippen molar-refractivity contribution in [2.45, 2.75) is 51.9 Å². The summed E-state index contributed by atoms with van der Waals surface area (Å²) in [7, 11) is 0. The Morgan fingerprint density at radius 1 is 1.14 bits per heavy atom. The summed E-state index contributed by atoms with van der Waals surface area (Å²) in [6, 6.07) is 12.3. The number of amides is 1. The van der Waals surface area contributed by atoms with Crippen LogP contribution >= 0.6 is 0 Å². The largest absolute Gasteiger partial charge is 0.416 e. The zero-order valence-corrected chi connectivity index (χ0v) is 20.3. The van der Waals surface area contributed by atoms with Crippen molar-refractivity contribution in [2.75, 3.05) is 13.2 Å². The lowest BCUT2D eigenvalue weighted by molar-refractivity contribution is -0.137. The van der Waals surface area contributed by atoms with Crippen molar-refractivity contribution in [1.82, 2.24) is 9.88 Å². The number of halogens is 3. The SMILES string of the molecule is CCc1ccc(CNC(=O)c2cn(C3CCCOC3)c(C)c(-c3cccc(C(F)(F)F)c3)c2=O)cc1. The van der Waals surface area contributed by atoms with Crippen molar-refractivity contribution in [2.24, 2.45) is 0 Å². The molecule has 8 heteroatoms. The standard InChI is InChI=1S/C28H29F3N2O3/c1-3-19-9-11-20(12-10-19)15-32-27(35)24-16-33(23-8-5-13-36-17-23)18(2)25(26(24)34)21-6-4-7-22(14-21)28(29,30)31/h4,6-7,9-12,14,16,23H,3,5,8,13,15,17H2,1-2H3,(H,32,35). The molecule has 0 saturated carbocycles. The second kappa shape index (κ2) is 10.7. The topological polar surface area (TPSA) is 60.3 Å². The van der Waals surface area contributed by atoms with Crippen LogP contribution in [0.5, 0.6) is 0 Å². The Kier molecular flexibility index (Phi) is 7.64. The fraction of sp³-hybridized carbons (Fsp3) is 0.357. The van der Waals surface area contributed by atoms with Crippen LogP contribution < -0.4 is 10.7 Å². The Labute approximate surface area is 207 Å². The molecule has 0 aliphatic carbocycles. The molecule has 36 heavy (non-hydrogen) atoms. The molecule has 190 valence electrons. The van der Waals surface area contributed by atoms with Crippen LogP contribution in [0.2, 0.25) is 0 Å². The molecule has 1 aromatic heterocycles. The van der Waals surface area contributed by atoms with Gasteiger partial charge < -0.3 is 14.6 Å². The van der Waals surface area contributed by atoms with Crippen molar-refractivity contribution in [3.63, 3.8) is 0 Å². The van der Waals surface area contributed by atoms with Crippen LogP contribution in [0.1, 0.15) is 58.5 Å². The molecule has 4 rings (SSSR count). The molecule has 1 atom stereocenters. The number of alkyl halides is 3. The molecule has 1 fully saturated rings. The number of aryl methyl sites for hydroxylation is 1. The lowest BCUT2D eigenvalue weighted by Crippen LogP contribution is -2.33. The summed E-state index contributed by atoms with van der Waals surface area (Å²) in [5.41, 5.74) is 1.22. The van der Waals surface area contributed by atoms with Gasteiger partial charge in [0.15, 0.2) is 0 Å². The molecule has 2 aromatic carbocycles. The molecular weight excluding hydrogens is 469 g/mol. The highest BCUT2D eigenvalue weighted by molar-refractivity contribution is 5.95. The second-order valence-electron chi connectivity index (χ2n) is 9.04. The van der Waals surface area contributed by atoms with Gasteiger partial charge in [-0.15, -0.1) is 0 Å². The predicted molar refractivity (Wildman–Crippen MR) is 132 cm³/mol. The minimum Gasteiger partial charge on any atom is -0.379 e. The molecule has 0 radical (unpaired) electrons. The smallest absolute Gasteiger partial charge is 0.379 e. The molecule has 2 heterocycles. The molecule has 3 aromatic rings. The molecule has 1 aliphatic heterocycles. The lowest BCUT2D eigenvalue weighted by atomic mass is 9.97. The third-order valence-electron chi connectivity index (χ3n) is 6.63. The normalized spacial score (nSPS) is 16.1. The van der Waals surface area contributed by atoms with Crippen LogP contribution in [0.4, 0.5) is 13.2 Å². The van der Waals surface area contributed by atoms with Gasteiger partial charge in [-0.1, -0.05) is 43.3 Å². The minimum atomic E-state index is -4.55. The maximum absolute atomic E-state index is 13.5. The van der Waals surface area contributed by atoms with Crippen molar-refractivity contribution in [3.8, 4) is 11.1 Å². The van der Waals surface area contributed by atoms with E-state index in [9.17, 15) is 22.8 Å². The summed E-state index contributed by atoms with van der Waals surface area (Å²) in [6.45, 7) is 5.00. The van der Waals surface area contributed by atoms with E-state index in [1.54, 1.807) is 11.5 Å². The van der Waals surface area contributed by atoms with E-state index >= 15 is 0 Å². The average Bonchev–Trinajstić information content (AvgIpc) is 2.88. The molecule has 1 unspecified atom stereocenters. The van der Waals surface area contributed by atoms with Gasteiger partial charge in [0.1, 0.15) is 5.56 Å². The van der Waals surface area contributed by atoms with E-state index in [0.717, 1.165) is 37.0 Å². The summed E-state index contributed by atoms with van der Waals surface area (Å²) >= 11 is 0. The van der Waals surface area contributed by atoms with Gasteiger partial charge in [-0.25, -0.2) is 0 Å². The highest BCUT2D eigenvalue weighted by atomic mass is 19.4. The predicted octanol–water partition coefficient (Wildman–Crippen LogP) is 5.69. The molecule has 1 saturated heterocycles. The maximum Gasteiger partial charge on any atom is 0.416 e. The van der Waals surface area contributed by atoms with Crippen LogP contribution in [0, 0.1) is 6.92 Å². The zero-order valence-electron chi connectivity index (χ0n) is 20.3. The monoisotopic (exact) mass is 498 g/mol. The number of pyridine rings is 1. The Morgan fingerprint density at radius 3 is 2.50 bits per heavy atom. The van der Waals surface area contributed by atoms with E-state index in [1.807, 2.05) is 24.3 Å². The molecule has 1 amide bonds. The van der Waals surface area contributed by atoms with Crippen molar-refractivity contribution < 1.29 is 22.7 Å². The van der Waals surface area contributed by atoms with Crippen LogP contribution in [0.25, 0.3) is 11.1 Å². The number of hydrogen-bond donors (Lipinski definition) is 1. The molecule has 1 aliphatic rings. The number of hydrogen-bond acceptors (Lipinski definition) is 3. The van der Waals surface area contributed by atoms with Crippen LogP contribution in [0.15, 0.2) is 59.5 Å². The Balaban J connectivity index is 1.75. The van der Waals surface area contributed by atoms with E-state index in [1.165, 1.54) is 23.9 Å². The summed E-state index contributed by atoms with van der Waals surface area (Å²) in [5.74, 6) is -0.571. The van der Waals surface area contributed by atoms with Crippen LogP contribution in [0.3, 0.4) is 0 Å². The van der Waals surface area contributed by atoms with Gasteiger partial charge in [-0.2, -0.15) is 13.2 Å². The molecular formula is C28H29F3N2O3. The van der Waals surface area contributed by atoms with Gasteiger partial charge in [-0.05, 0) is 55.0 Å². The number of carbonyl (C=O) groups is 1. The molecule has 5 nitrogen and oxygen atoms in total. The minimum absolute atomic E-state index is 0.0895. The van der Waals surface area contributed by atoms with E-state index in [-0.39, 0.29) is 29.3 Å². The van der Waals surface area contributed by atoms with Gasteiger partial charge in [0, 0.05) is 30.6 Å². The number of nitrogens with one attached hydrogen (secondary N) is 1. The Bertz CT molecular complexity index is 1290. The van der Waals surface area contributed by atoms with Crippen LogP contribution in [-0.2, 0) is 23.9 Å². The molecule has 0 spiro atoms. The molecule has 0 bridgehead atoms. The first-order valence-electron chi connectivity index (χ1n) is 12.1. The quantitative estimate of drug-likeness (QED) is 0.475. The number of benzene rings is 2. The average molecular weight is 499 g/mol. The number of ether oxygens (including phenoxy) is 1. The fourth-order valence-electron chi connectivity index (χ4n) is 4.57.